The van der Waals surface area contributed by atoms with Crippen LogP contribution >= 0.6 is 0 Å². The van der Waals surface area contributed by atoms with Crippen molar-refractivity contribution in [2.75, 3.05) is 26.2 Å². The first-order valence-corrected chi connectivity index (χ1v) is 17.7. The molecule has 0 saturated heterocycles. The minimum absolute atomic E-state index is 0.0611. The summed E-state index contributed by atoms with van der Waals surface area (Å²) >= 11 is 0. The Hall–Kier alpha value is -3.96. The largest absolute Gasteiger partial charge is 0.872 e. The van der Waals surface area contributed by atoms with Crippen molar-refractivity contribution >= 4 is 0 Å². The van der Waals surface area contributed by atoms with Crippen molar-refractivity contribution in [3.63, 3.8) is 0 Å². The molecule has 47 heavy (non-hydrogen) atoms. The van der Waals surface area contributed by atoms with Gasteiger partial charge in [-0.2, -0.15) is 0 Å². The van der Waals surface area contributed by atoms with Crippen molar-refractivity contribution in [1.82, 2.24) is 0 Å². The summed E-state index contributed by atoms with van der Waals surface area (Å²) in [6.07, 6.45) is 11.1. The van der Waals surface area contributed by atoms with Gasteiger partial charge in [-0.15, -0.1) is 5.75 Å². The molecular weight excluding hydrogens is 582 g/mol. The zero-order chi connectivity index (χ0) is 34.1. The highest BCUT2D eigenvalue weighted by Crippen LogP contribution is 2.44. The number of nitrogens with zero attached hydrogens (tertiary/aromatic N) is 1. The molecule has 0 aromatic heterocycles. The molecule has 5 heteroatoms. The second kappa shape index (κ2) is 19.6. The summed E-state index contributed by atoms with van der Waals surface area (Å²) in [5, 5.41) is 41.1. The predicted molar refractivity (Wildman–Crippen MR) is 193 cm³/mol. The van der Waals surface area contributed by atoms with Crippen LogP contribution in [0.5, 0.6) is 23.0 Å². The molecule has 4 rings (SSSR count). The summed E-state index contributed by atoms with van der Waals surface area (Å²) in [5.41, 5.74) is 3.87. The topological polar surface area (TPSA) is 83.8 Å². The molecule has 1 atom stereocenters. The zero-order valence-electron chi connectivity index (χ0n) is 29.1. The van der Waals surface area contributed by atoms with Crippen molar-refractivity contribution < 1.29 is 24.9 Å². The lowest BCUT2D eigenvalue weighted by Gasteiger charge is -2.39. The standard InChI is InChI=1S/C26H22O4.C16H36N/c27-21-9-1-17(2-10-21)25(18-3-11-22(28)12-4-18)26(19-5-13-23(29)14-6-19)20-7-15-24(30)16-8-20;1-5-9-13-17(14-10-6-2,15-11-7-3)16-12-8-4/h1-16,25-30H;5-16H2,1-4H3/q;+1/p-1. The average Bonchev–Trinajstić information content (AvgIpc) is 3.09. The van der Waals surface area contributed by atoms with Gasteiger partial charge in [-0.3, -0.25) is 0 Å². The number of hydrogen-bond donors (Lipinski definition) is 3. The Morgan fingerprint density at radius 1 is 0.426 bits per heavy atom. The highest BCUT2D eigenvalue weighted by Gasteiger charge is 2.28. The van der Waals surface area contributed by atoms with Crippen LogP contribution in [0.4, 0.5) is 0 Å². The fourth-order valence-corrected chi connectivity index (χ4v) is 6.52. The van der Waals surface area contributed by atoms with Crippen LogP contribution in [0.25, 0.3) is 0 Å². The number of phenolic OH excluding ortho intramolecular Hbond substituents is 3. The molecule has 3 N–H and O–H groups in total. The molecule has 0 amide bonds. The molecule has 0 bridgehead atoms. The van der Waals surface area contributed by atoms with E-state index in [9.17, 15) is 20.4 Å². The summed E-state index contributed by atoms with van der Waals surface area (Å²) in [6, 6.07) is 27.9. The second-order valence-electron chi connectivity index (χ2n) is 12.9. The first-order chi connectivity index (χ1) is 22.8. The van der Waals surface area contributed by atoms with Crippen LogP contribution < -0.4 is 5.11 Å². The highest BCUT2D eigenvalue weighted by molar-refractivity contribution is 5.47. The van der Waals surface area contributed by atoms with E-state index >= 15 is 0 Å². The number of rotatable bonds is 17. The highest BCUT2D eigenvalue weighted by atomic mass is 16.3. The molecule has 0 radical (unpaired) electrons. The van der Waals surface area contributed by atoms with Crippen LogP contribution in [0.3, 0.4) is 0 Å². The first kappa shape index (κ1) is 37.5. The second-order valence-corrected chi connectivity index (χ2v) is 12.9. The Morgan fingerprint density at radius 2 is 0.660 bits per heavy atom. The number of quaternary nitrogens is 1. The zero-order valence-corrected chi connectivity index (χ0v) is 29.1. The van der Waals surface area contributed by atoms with E-state index in [1.807, 2.05) is 48.5 Å². The third kappa shape index (κ3) is 11.7. The third-order valence-electron chi connectivity index (χ3n) is 9.27. The van der Waals surface area contributed by atoms with E-state index in [-0.39, 0.29) is 34.8 Å². The lowest BCUT2D eigenvalue weighted by molar-refractivity contribution is -0.929. The fraction of sp³-hybridized carbons (Fsp3) is 0.429. The number of phenols is 3. The first-order valence-electron chi connectivity index (χ1n) is 17.7. The molecule has 0 aliphatic rings. The molecule has 0 fully saturated rings. The van der Waals surface area contributed by atoms with E-state index in [1.165, 1.54) is 82.0 Å². The minimum Gasteiger partial charge on any atom is -0.872 e. The maximum atomic E-state index is 11.7. The van der Waals surface area contributed by atoms with Crippen molar-refractivity contribution in [3.05, 3.63) is 119 Å². The minimum atomic E-state index is -0.166. The Bertz CT molecular complexity index is 1180. The van der Waals surface area contributed by atoms with E-state index in [1.54, 1.807) is 48.5 Å². The van der Waals surface area contributed by atoms with Crippen LogP contribution in [0.2, 0.25) is 0 Å². The van der Waals surface area contributed by atoms with Gasteiger partial charge in [0.05, 0.1) is 26.2 Å². The molecule has 0 aliphatic heterocycles. The smallest absolute Gasteiger partial charge is 0.115 e. The average molecular weight is 640 g/mol. The Morgan fingerprint density at radius 3 is 0.894 bits per heavy atom. The summed E-state index contributed by atoms with van der Waals surface area (Å²) < 4.78 is 1.42. The van der Waals surface area contributed by atoms with Gasteiger partial charge in [0.1, 0.15) is 17.2 Å². The number of hydrogen-bond acceptors (Lipinski definition) is 4. The monoisotopic (exact) mass is 639 g/mol. The van der Waals surface area contributed by atoms with Crippen molar-refractivity contribution in [2.24, 2.45) is 0 Å². The van der Waals surface area contributed by atoms with Crippen LogP contribution in [0.1, 0.15) is 113 Å². The fourth-order valence-electron chi connectivity index (χ4n) is 6.52. The Labute approximate surface area is 283 Å². The summed E-state index contributed by atoms with van der Waals surface area (Å²) in [7, 11) is 0. The van der Waals surface area contributed by atoms with E-state index in [0.29, 0.717) is 0 Å². The maximum Gasteiger partial charge on any atom is 0.115 e. The van der Waals surface area contributed by atoms with Gasteiger partial charge in [0, 0.05) is 11.8 Å². The molecule has 0 saturated carbocycles. The molecule has 4 aromatic carbocycles. The number of unbranched alkanes of at least 4 members (excludes halogenated alkanes) is 4. The summed E-state index contributed by atoms with van der Waals surface area (Å²) in [5.74, 6) is 0.154. The van der Waals surface area contributed by atoms with Gasteiger partial charge >= 0.3 is 0 Å². The van der Waals surface area contributed by atoms with Gasteiger partial charge in [-0.05, 0) is 84.3 Å². The third-order valence-corrected chi connectivity index (χ3v) is 9.27. The predicted octanol–water partition coefficient (Wildman–Crippen LogP) is 9.84. The van der Waals surface area contributed by atoms with Crippen molar-refractivity contribution in [2.45, 2.75) is 90.9 Å². The van der Waals surface area contributed by atoms with Gasteiger partial charge in [0.25, 0.3) is 0 Å². The normalized spacial score (nSPS) is 12.0. The lowest BCUT2D eigenvalue weighted by atomic mass is 9.73. The van der Waals surface area contributed by atoms with Gasteiger partial charge in [0.15, 0.2) is 0 Å². The van der Waals surface area contributed by atoms with Crippen LogP contribution in [0.15, 0.2) is 97.1 Å². The van der Waals surface area contributed by atoms with E-state index in [2.05, 4.69) is 27.7 Å². The van der Waals surface area contributed by atoms with Gasteiger partial charge in [-0.25, -0.2) is 0 Å². The van der Waals surface area contributed by atoms with Crippen molar-refractivity contribution in [3.8, 4) is 23.0 Å². The number of aromatic hydroxyl groups is 3. The molecule has 4 aromatic rings. The van der Waals surface area contributed by atoms with E-state index < -0.39 is 0 Å². The number of benzene rings is 4. The van der Waals surface area contributed by atoms with Gasteiger partial charge < -0.3 is 24.9 Å². The SMILES string of the molecule is CCCC[N+](CCCC)(CCCC)CCCC.[O-]c1ccc(C(c2ccc(O)cc2)C(c2ccc(O)cc2)c2ccc(O)cc2)cc1. The van der Waals surface area contributed by atoms with Crippen LogP contribution in [-0.4, -0.2) is 46.0 Å². The van der Waals surface area contributed by atoms with Crippen molar-refractivity contribution in [1.29, 1.82) is 0 Å². The Kier molecular flexibility index (Phi) is 15.7. The van der Waals surface area contributed by atoms with Crippen LogP contribution in [0, 0.1) is 0 Å². The van der Waals surface area contributed by atoms with Crippen LogP contribution in [-0.2, 0) is 0 Å². The molecule has 0 heterocycles. The molecule has 0 aliphatic carbocycles. The van der Waals surface area contributed by atoms with E-state index in [0.717, 1.165) is 22.3 Å². The summed E-state index contributed by atoms with van der Waals surface area (Å²) in [6.45, 7) is 15.0. The molecule has 1 unspecified atom stereocenters. The summed E-state index contributed by atoms with van der Waals surface area (Å²) in [4.78, 5) is 0. The Balaban J connectivity index is 0.000000303. The lowest BCUT2D eigenvalue weighted by Crippen LogP contribution is -2.50. The van der Waals surface area contributed by atoms with Gasteiger partial charge in [-0.1, -0.05) is 114 Å². The maximum absolute atomic E-state index is 11.7. The van der Waals surface area contributed by atoms with Gasteiger partial charge in [0.2, 0.25) is 0 Å². The molecule has 254 valence electrons. The molecule has 5 nitrogen and oxygen atoms in total. The quantitative estimate of drug-likeness (QED) is 0.100. The molecule has 0 spiro atoms. The molecular formula is C42H57NO4. The van der Waals surface area contributed by atoms with E-state index in [4.69, 9.17) is 0 Å².